The molecule has 354 valence electrons. The molecule has 7 aliphatic rings. The molecule has 0 amide bonds. The van der Waals surface area contributed by atoms with Gasteiger partial charge in [-0.2, -0.15) is 0 Å². The van der Waals surface area contributed by atoms with Crippen LogP contribution in [-0.2, 0) is 57.5 Å². The minimum atomic E-state index is 0.308. The summed E-state index contributed by atoms with van der Waals surface area (Å²) in [6.45, 7) is 10.6. The zero-order chi connectivity index (χ0) is 44.7. The Morgan fingerprint density at radius 3 is 1.05 bits per heavy atom. The van der Waals surface area contributed by atoms with E-state index in [1.807, 2.05) is 0 Å². The van der Waals surface area contributed by atoms with E-state index in [2.05, 4.69) is 62.4 Å². The van der Waals surface area contributed by atoms with Crippen LogP contribution < -0.4 is 18.9 Å². The highest BCUT2D eigenvalue weighted by atomic mass is 16.6. The molecule has 2 heterocycles. The van der Waals surface area contributed by atoms with Crippen LogP contribution in [0.15, 0.2) is 48.5 Å². The number of hydrogen-bond donors (Lipinski definition) is 0. The molecule has 4 aromatic carbocycles. The number of hydrogen-bond acceptors (Lipinski definition) is 8. The molecule has 2 fully saturated rings. The van der Waals surface area contributed by atoms with Crippen molar-refractivity contribution in [1.82, 2.24) is 0 Å². The number of benzene rings is 4. The lowest BCUT2D eigenvalue weighted by molar-refractivity contribution is -0.00711. The van der Waals surface area contributed by atoms with Gasteiger partial charge in [0.2, 0.25) is 0 Å². The molecular weight excluding hydrogens is 825 g/mol. The molecule has 8 nitrogen and oxygen atoms in total. The third kappa shape index (κ3) is 10.2. The Kier molecular flexibility index (Phi) is 15.2. The second kappa shape index (κ2) is 21.9. The van der Waals surface area contributed by atoms with Crippen LogP contribution >= 0.6 is 0 Å². The second-order valence-electron chi connectivity index (χ2n) is 19.8. The molecule has 0 saturated heterocycles. The number of ether oxygens (including phenoxy) is 8. The summed E-state index contributed by atoms with van der Waals surface area (Å²) in [7, 11) is 0. The molecule has 2 aliphatic heterocycles. The van der Waals surface area contributed by atoms with Gasteiger partial charge in [0, 0.05) is 12.8 Å². The van der Waals surface area contributed by atoms with E-state index in [0.717, 1.165) is 87.2 Å². The van der Waals surface area contributed by atoms with E-state index in [9.17, 15) is 0 Å². The van der Waals surface area contributed by atoms with E-state index in [-0.39, 0.29) is 0 Å². The minimum absolute atomic E-state index is 0.308. The second-order valence-corrected chi connectivity index (χ2v) is 19.8. The van der Waals surface area contributed by atoms with E-state index in [1.54, 1.807) is 0 Å². The normalized spacial score (nSPS) is 24.0. The predicted molar refractivity (Wildman–Crippen MR) is 260 cm³/mol. The topological polar surface area (TPSA) is 73.8 Å². The minimum Gasteiger partial charge on any atom is -0.493 e. The maximum absolute atomic E-state index is 7.13. The van der Waals surface area contributed by atoms with Crippen LogP contribution in [0, 0.1) is 0 Å². The van der Waals surface area contributed by atoms with Gasteiger partial charge in [0.25, 0.3) is 0 Å². The van der Waals surface area contributed by atoms with Crippen molar-refractivity contribution < 1.29 is 37.9 Å². The Morgan fingerprint density at radius 1 is 0.379 bits per heavy atom. The highest BCUT2D eigenvalue weighted by Gasteiger charge is 2.41. The summed E-state index contributed by atoms with van der Waals surface area (Å²) in [5.41, 5.74) is 16.3. The van der Waals surface area contributed by atoms with Gasteiger partial charge in [-0.05, 0) is 181 Å². The summed E-state index contributed by atoms with van der Waals surface area (Å²) in [5.74, 6) is 5.52. The van der Waals surface area contributed by atoms with Gasteiger partial charge in [0.15, 0.2) is 0 Å². The van der Waals surface area contributed by atoms with Gasteiger partial charge >= 0.3 is 0 Å². The van der Waals surface area contributed by atoms with Crippen molar-refractivity contribution in [3.63, 3.8) is 0 Å². The molecule has 14 bridgehead atoms. The van der Waals surface area contributed by atoms with Crippen LogP contribution in [0.2, 0.25) is 0 Å². The standard InChI is InChI=1S/C58H74O8/c1-3-63-55-43-29-39-11-7-5-9-14-42-32-46-38-44-30-40-12-8-6-10-13-41-31-45(37-43)57(54(36-41)50-18-16-48(50)52(34-40)56(44)64-4-2)65-27-25-61-23-21-59-19-20-60-22-24-62-26-28-66-58(46)53(35-42)49-17-15-47(49)51(55)33-39/h29-36,47-50H,3-28,37-38H2,1-2H3. The van der Waals surface area contributed by atoms with Gasteiger partial charge in [-0.3, -0.25) is 0 Å². The molecule has 11 rings (SSSR count). The molecule has 8 heteroatoms. The van der Waals surface area contributed by atoms with Gasteiger partial charge < -0.3 is 37.9 Å². The third-order valence-electron chi connectivity index (χ3n) is 15.4. The Morgan fingerprint density at radius 2 is 0.697 bits per heavy atom. The number of rotatable bonds is 4. The Bertz CT molecular complexity index is 2120. The Labute approximate surface area is 394 Å². The van der Waals surface area contributed by atoms with Gasteiger partial charge in [-0.1, -0.05) is 61.4 Å². The van der Waals surface area contributed by atoms with Crippen LogP contribution in [0.5, 0.6) is 23.0 Å². The van der Waals surface area contributed by atoms with E-state index < -0.39 is 0 Å². The Hall–Kier alpha value is -4.08. The summed E-state index contributed by atoms with van der Waals surface area (Å²) in [4.78, 5) is 0. The zero-order valence-corrected chi connectivity index (χ0v) is 40.0. The average molecular weight is 899 g/mol. The first-order valence-electron chi connectivity index (χ1n) is 26.1. The first kappa shape index (κ1) is 45.7. The molecule has 4 aromatic rings. The molecular formula is C58H74O8. The van der Waals surface area contributed by atoms with Gasteiger partial charge in [-0.15, -0.1) is 0 Å². The smallest absolute Gasteiger partial charge is 0.126 e. The fraction of sp³-hybridized carbons (Fsp3) is 0.586. The van der Waals surface area contributed by atoms with Crippen molar-refractivity contribution in [2.24, 2.45) is 0 Å². The first-order chi connectivity index (χ1) is 32.6. The largest absolute Gasteiger partial charge is 0.493 e. The lowest BCUT2D eigenvalue weighted by Gasteiger charge is -2.41. The maximum Gasteiger partial charge on any atom is 0.126 e. The van der Waals surface area contributed by atoms with E-state index in [0.29, 0.717) is 103 Å². The van der Waals surface area contributed by atoms with Crippen molar-refractivity contribution in [3.05, 3.63) is 115 Å². The third-order valence-corrected chi connectivity index (χ3v) is 15.4. The maximum atomic E-state index is 7.13. The van der Waals surface area contributed by atoms with Crippen LogP contribution in [-0.4, -0.2) is 79.3 Å². The zero-order valence-electron chi connectivity index (χ0n) is 40.0. The van der Waals surface area contributed by atoms with Gasteiger partial charge in [-0.25, -0.2) is 0 Å². The highest BCUT2D eigenvalue weighted by Crippen LogP contribution is 2.58. The number of fused-ring (bicyclic) bond motifs is 19. The molecule has 4 unspecified atom stereocenters. The van der Waals surface area contributed by atoms with Crippen LogP contribution in [0.3, 0.4) is 0 Å². The monoisotopic (exact) mass is 899 g/mol. The molecule has 0 radical (unpaired) electrons. The highest BCUT2D eigenvalue weighted by molar-refractivity contribution is 5.59. The van der Waals surface area contributed by atoms with Crippen LogP contribution in [0.4, 0.5) is 0 Å². The summed E-state index contributed by atoms with van der Waals surface area (Å²) in [6, 6.07) is 20.1. The molecule has 5 aliphatic carbocycles. The SMILES string of the molecule is CCOc1c2cc3cc1C1CCC1c1cc(cc4c1OCCOCCOCCOCCOCCOc1c(cc5cc1C1CCC1c1cc(cc(c1OCC)C4)CCCCC5)C2)CCCCC3. The van der Waals surface area contributed by atoms with Crippen molar-refractivity contribution >= 4 is 0 Å². The van der Waals surface area contributed by atoms with Crippen molar-refractivity contribution in [2.45, 2.75) is 140 Å². The molecule has 0 N–H and O–H groups in total. The lowest BCUT2D eigenvalue weighted by atomic mass is 9.64. The summed E-state index contributed by atoms with van der Waals surface area (Å²) in [5, 5.41) is 0. The predicted octanol–water partition coefficient (Wildman–Crippen LogP) is 11.7. The van der Waals surface area contributed by atoms with E-state index >= 15 is 0 Å². The van der Waals surface area contributed by atoms with E-state index in [4.69, 9.17) is 37.9 Å². The van der Waals surface area contributed by atoms with Crippen molar-refractivity contribution in [3.8, 4) is 23.0 Å². The molecule has 4 atom stereocenters. The van der Waals surface area contributed by atoms with Gasteiger partial charge in [0.1, 0.15) is 36.2 Å². The fourth-order valence-corrected chi connectivity index (χ4v) is 12.1. The average Bonchev–Trinajstić information content (AvgIpc) is 3.28. The van der Waals surface area contributed by atoms with Crippen LogP contribution in [0.1, 0.15) is 168 Å². The molecule has 0 spiro atoms. The summed E-state index contributed by atoms with van der Waals surface area (Å²) in [6.07, 6.45) is 17.3. The molecule has 2 saturated carbocycles. The summed E-state index contributed by atoms with van der Waals surface area (Å²) >= 11 is 0. The Balaban J connectivity index is 1.22. The first-order valence-corrected chi connectivity index (χ1v) is 26.1. The fourth-order valence-electron chi connectivity index (χ4n) is 12.1. The molecule has 66 heavy (non-hydrogen) atoms. The van der Waals surface area contributed by atoms with E-state index in [1.165, 1.54) is 105 Å². The van der Waals surface area contributed by atoms with Crippen molar-refractivity contribution in [1.29, 1.82) is 0 Å². The van der Waals surface area contributed by atoms with Gasteiger partial charge in [0.05, 0.1) is 66.1 Å². The molecule has 0 aromatic heterocycles. The van der Waals surface area contributed by atoms with Crippen LogP contribution in [0.25, 0.3) is 0 Å². The lowest BCUT2D eigenvalue weighted by Crippen LogP contribution is -2.26. The quantitative estimate of drug-likeness (QED) is 0.188. The summed E-state index contributed by atoms with van der Waals surface area (Å²) < 4.78 is 52.1. The number of aryl methyl sites for hydroxylation is 4. The van der Waals surface area contributed by atoms with Crippen molar-refractivity contribution in [2.75, 3.05) is 79.3 Å².